The first-order valence-corrected chi connectivity index (χ1v) is 7.11. The molecule has 0 fully saturated rings. The molecule has 102 valence electrons. The van der Waals surface area contributed by atoms with Gasteiger partial charge in [0.05, 0.1) is 16.8 Å². The van der Waals surface area contributed by atoms with Crippen molar-refractivity contribution in [1.82, 2.24) is 9.88 Å². The topological polar surface area (TPSA) is 55.3 Å². The van der Waals surface area contributed by atoms with E-state index in [0.717, 1.165) is 23.3 Å². The Bertz CT molecular complexity index is 500. The van der Waals surface area contributed by atoms with E-state index in [9.17, 15) is 0 Å². The van der Waals surface area contributed by atoms with Gasteiger partial charge < -0.3 is 10.2 Å². The van der Waals surface area contributed by atoms with Crippen LogP contribution in [0.25, 0.3) is 0 Å². The van der Waals surface area contributed by atoms with E-state index >= 15 is 0 Å². The monoisotopic (exact) mass is 323 g/mol. The second-order valence-electron chi connectivity index (χ2n) is 4.30. The highest BCUT2D eigenvalue weighted by Crippen LogP contribution is 2.29. The number of likely N-dealkylation sites (N-methyl/N-ethyl adjacent to an activating group) is 1. The van der Waals surface area contributed by atoms with Crippen LogP contribution < -0.4 is 5.73 Å². The van der Waals surface area contributed by atoms with Crippen molar-refractivity contribution in [3.8, 4) is 0 Å². The number of aromatic nitrogens is 1. The van der Waals surface area contributed by atoms with Crippen molar-refractivity contribution in [3.05, 3.63) is 52.7 Å². The van der Waals surface area contributed by atoms with Gasteiger partial charge in [-0.05, 0) is 46.2 Å². The fourth-order valence-electron chi connectivity index (χ4n) is 2.13. The highest BCUT2D eigenvalue weighted by molar-refractivity contribution is 9.10. The molecule has 0 saturated heterocycles. The van der Waals surface area contributed by atoms with Gasteiger partial charge in [-0.15, -0.1) is 0 Å². The van der Waals surface area contributed by atoms with Crippen LogP contribution >= 0.6 is 15.9 Å². The van der Waals surface area contributed by atoms with Crippen molar-refractivity contribution in [2.75, 3.05) is 13.1 Å². The van der Waals surface area contributed by atoms with Crippen LogP contribution in [-0.2, 0) is 6.54 Å². The predicted molar refractivity (Wildman–Crippen MR) is 78.5 cm³/mol. The van der Waals surface area contributed by atoms with Crippen LogP contribution in [0.3, 0.4) is 0 Å². The van der Waals surface area contributed by atoms with Gasteiger partial charge in [-0.25, -0.2) is 0 Å². The molecular weight excluding hydrogens is 306 g/mol. The van der Waals surface area contributed by atoms with Crippen molar-refractivity contribution in [3.63, 3.8) is 0 Å². The van der Waals surface area contributed by atoms with Gasteiger partial charge in [0, 0.05) is 25.5 Å². The standard InChI is InChI=1S/C14H18BrN3O/c1-2-18(10-11-3-6-17-7-4-11)13(9-16)14-12(15)5-8-19-14/h3-8,13H,2,9-10,16H2,1H3. The van der Waals surface area contributed by atoms with Crippen molar-refractivity contribution >= 4 is 15.9 Å². The van der Waals surface area contributed by atoms with E-state index < -0.39 is 0 Å². The minimum Gasteiger partial charge on any atom is -0.466 e. The smallest absolute Gasteiger partial charge is 0.136 e. The summed E-state index contributed by atoms with van der Waals surface area (Å²) in [5, 5.41) is 0. The fraction of sp³-hybridized carbons (Fsp3) is 0.357. The molecule has 0 spiro atoms. The van der Waals surface area contributed by atoms with Crippen molar-refractivity contribution in [2.45, 2.75) is 19.5 Å². The van der Waals surface area contributed by atoms with Gasteiger partial charge in [-0.3, -0.25) is 9.88 Å². The summed E-state index contributed by atoms with van der Waals surface area (Å²) < 4.78 is 6.53. The van der Waals surface area contributed by atoms with Crippen LogP contribution in [0.5, 0.6) is 0 Å². The van der Waals surface area contributed by atoms with Crippen molar-refractivity contribution in [1.29, 1.82) is 0 Å². The van der Waals surface area contributed by atoms with Gasteiger partial charge in [-0.2, -0.15) is 0 Å². The van der Waals surface area contributed by atoms with E-state index in [2.05, 4.69) is 32.7 Å². The maximum Gasteiger partial charge on any atom is 0.136 e. The van der Waals surface area contributed by atoms with Gasteiger partial charge in [0.25, 0.3) is 0 Å². The quantitative estimate of drug-likeness (QED) is 0.888. The molecular formula is C14H18BrN3O. The van der Waals surface area contributed by atoms with Crippen molar-refractivity contribution in [2.24, 2.45) is 5.73 Å². The number of nitrogens with two attached hydrogens (primary N) is 1. The molecule has 5 heteroatoms. The lowest BCUT2D eigenvalue weighted by atomic mass is 10.1. The second-order valence-corrected chi connectivity index (χ2v) is 5.16. The van der Waals surface area contributed by atoms with Crippen LogP contribution in [0.15, 0.2) is 45.7 Å². The molecule has 2 aromatic heterocycles. The molecule has 2 N–H and O–H groups in total. The number of hydrogen-bond donors (Lipinski definition) is 1. The third-order valence-electron chi connectivity index (χ3n) is 3.15. The van der Waals surface area contributed by atoms with Crippen LogP contribution in [-0.4, -0.2) is 23.0 Å². The Kier molecular flexibility index (Phi) is 5.13. The Morgan fingerprint density at radius 3 is 2.63 bits per heavy atom. The Morgan fingerprint density at radius 2 is 2.11 bits per heavy atom. The van der Waals surface area contributed by atoms with Gasteiger partial charge in [-0.1, -0.05) is 6.92 Å². The molecule has 0 bridgehead atoms. The molecule has 2 rings (SSSR count). The first-order chi connectivity index (χ1) is 9.26. The second kappa shape index (κ2) is 6.84. The fourth-order valence-corrected chi connectivity index (χ4v) is 2.60. The molecule has 0 saturated carbocycles. The van der Waals surface area contributed by atoms with Gasteiger partial charge in [0.1, 0.15) is 5.76 Å². The van der Waals surface area contributed by atoms with Crippen LogP contribution in [0, 0.1) is 0 Å². The number of halogens is 1. The lowest BCUT2D eigenvalue weighted by Gasteiger charge is -2.28. The van der Waals surface area contributed by atoms with E-state index in [4.69, 9.17) is 10.2 Å². The van der Waals surface area contributed by atoms with E-state index in [1.165, 1.54) is 5.56 Å². The summed E-state index contributed by atoms with van der Waals surface area (Å²) >= 11 is 3.50. The molecule has 2 heterocycles. The molecule has 0 aliphatic heterocycles. The molecule has 1 unspecified atom stereocenters. The van der Waals surface area contributed by atoms with E-state index in [-0.39, 0.29) is 6.04 Å². The molecule has 19 heavy (non-hydrogen) atoms. The number of furan rings is 1. The molecule has 4 nitrogen and oxygen atoms in total. The number of nitrogens with zero attached hydrogens (tertiary/aromatic N) is 2. The summed E-state index contributed by atoms with van der Waals surface area (Å²) in [6.45, 7) is 4.37. The SMILES string of the molecule is CCN(Cc1ccncc1)C(CN)c1occc1Br. The Hall–Kier alpha value is -1.17. The van der Waals surface area contributed by atoms with E-state index in [1.807, 2.05) is 30.6 Å². The molecule has 0 aliphatic rings. The largest absolute Gasteiger partial charge is 0.466 e. The van der Waals surface area contributed by atoms with Crippen LogP contribution in [0.4, 0.5) is 0 Å². The molecule has 0 aliphatic carbocycles. The molecule has 0 aromatic carbocycles. The minimum atomic E-state index is 0.0718. The highest BCUT2D eigenvalue weighted by Gasteiger charge is 2.22. The van der Waals surface area contributed by atoms with E-state index in [0.29, 0.717) is 6.54 Å². The Balaban J connectivity index is 2.18. The average molecular weight is 324 g/mol. The third-order valence-corrected chi connectivity index (χ3v) is 3.81. The number of pyridine rings is 1. The molecule has 0 amide bonds. The van der Waals surface area contributed by atoms with Gasteiger partial charge in [0.2, 0.25) is 0 Å². The maximum atomic E-state index is 5.93. The van der Waals surface area contributed by atoms with Gasteiger partial charge >= 0.3 is 0 Å². The summed E-state index contributed by atoms with van der Waals surface area (Å²) in [5.74, 6) is 0.887. The lowest BCUT2D eigenvalue weighted by molar-refractivity contribution is 0.179. The zero-order valence-electron chi connectivity index (χ0n) is 10.9. The normalized spacial score (nSPS) is 12.8. The molecule has 0 radical (unpaired) electrons. The first kappa shape index (κ1) is 14.2. The summed E-state index contributed by atoms with van der Waals surface area (Å²) in [6.07, 6.45) is 5.30. The van der Waals surface area contributed by atoms with Crippen molar-refractivity contribution < 1.29 is 4.42 Å². The van der Waals surface area contributed by atoms with Gasteiger partial charge in [0.15, 0.2) is 0 Å². The third kappa shape index (κ3) is 3.43. The minimum absolute atomic E-state index is 0.0718. The van der Waals surface area contributed by atoms with Crippen LogP contribution in [0.2, 0.25) is 0 Å². The summed E-state index contributed by atoms with van der Waals surface area (Å²) in [4.78, 5) is 6.33. The maximum absolute atomic E-state index is 5.93. The van der Waals surface area contributed by atoms with Crippen LogP contribution in [0.1, 0.15) is 24.3 Å². The highest BCUT2D eigenvalue weighted by atomic mass is 79.9. The molecule has 2 aromatic rings. The molecule has 1 atom stereocenters. The number of rotatable bonds is 6. The lowest BCUT2D eigenvalue weighted by Crippen LogP contribution is -2.33. The number of hydrogen-bond acceptors (Lipinski definition) is 4. The zero-order valence-corrected chi connectivity index (χ0v) is 12.5. The summed E-state index contributed by atoms with van der Waals surface area (Å²) in [6, 6.07) is 6.02. The Morgan fingerprint density at radius 1 is 1.37 bits per heavy atom. The van der Waals surface area contributed by atoms with E-state index in [1.54, 1.807) is 6.26 Å². The first-order valence-electron chi connectivity index (χ1n) is 6.32. The zero-order chi connectivity index (χ0) is 13.7. The predicted octanol–water partition coefficient (Wildman–Crippen LogP) is 2.96. The summed E-state index contributed by atoms with van der Waals surface area (Å²) in [7, 11) is 0. The Labute approximate surface area is 121 Å². The summed E-state index contributed by atoms with van der Waals surface area (Å²) in [5.41, 5.74) is 7.15. The average Bonchev–Trinajstić information content (AvgIpc) is 2.86.